The molecule has 0 radical (unpaired) electrons. The molecular formula is C39H29N3S. The maximum Gasteiger partial charge on any atom is 0.235 e. The van der Waals surface area contributed by atoms with E-state index in [1.807, 2.05) is 11.8 Å². The second kappa shape index (κ2) is 9.68. The summed E-state index contributed by atoms with van der Waals surface area (Å²) >= 11 is 2.01. The number of hydrogen-bond donors (Lipinski definition) is 0. The molecule has 0 spiro atoms. The summed E-state index contributed by atoms with van der Waals surface area (Å²) in [6.45, 7) is 2.40. The van der Waals surface area contributed by atoms with E-state index in [2.05, 4.69) is 139 Å². The zero-order valence-corrected chi connectivity index (χ0v) is 24.6. The molecule has 0 saturated carbocycles. The molecule has 3 unspecified atom stereocenters. The molecule has 0 N–H and O–H groups in total. The molecule has 0 amide bonds. The smallest absolute Gasteiger partial charge is 0.235 e. The quantitative estimate of drug-likeness (QED) is 0.212. The van der Waals surface area contributed by atoms with Crippen molar-refractivity contribution >= 4 is 39.6 Å². The summed E-state index contributed by atoms with van der Waals surface area (Å²) in [5.74, 6) is 1.56. The van der Waals surface area contributed by atoms with Crippen LogP contribution in [-0.2, 0) is 0 Å². The van der Waals surface area contributed by atoms with E-state index in [0.29, 0.717) is 23.0 Å². The van der Waals surface area contributed by atoms with Crippen molar-refractivity contribution in [3.05, 3.63) is 138 Å². The third-order valence-corrected chi connectivity index (χ3v) is 10.5. The first-order chi connectivity index (χ1) is 21.3. The monoisotopic (exact) mass is 571 g/mol. The summed E-state index contributed by atoms with van der Waals surface area (Å²) in [7, 11) is 0. The summed E-state index contributed by atoms with van der Waals surface area (Å²) in [6.07, 6.45) is 15.0. The number of allylic oxidation sites excluding steroid dienone is 4. The van der Waals surface area contributed by atoms with Crippen molar-refractivity contribution in [3.63, 3.8) is 0 Å². The first-order valence-electron chi connectivity index (χ1n) is 15.1. The molecule has 0 bridgehead atoms. The van der Waals surface area contributed by atoms with E-state index < -0.39 is 0 Å². The topological polar surface area (TPSA) is 30.7 Å². The standard InChI is InChI=1S/C39H29N3S/c1-24-13-12-20-29-34(24)36-28-19-9-11-22-33(28)43-38(36)37-35(29)27-18-8-10-21-32(27)42(37)39-40-30(25-14-4-2-5-15-25)23-31(41-39)26-16-6-3-7-17-26/h2-12,14-24,28,33H,13H2,1H3. The molecule has 2 aromatic heterocycles. The SMILES string of the molecule is CC1CC=Cc2c1c1c(c3c2c2ccccc2n3-c2nc(-c3ccccc3)cc(-c3ccccc3)n2)SC2C=CC=CC12. The van der Waals surface area contributed by atoms with Gasteiger partial charge in [0.15, 0.2) is 0 Å². The fourth-order valence-electron chi connectivity index (χ4n) is 7.27. The minimum absolute atomic E-state index is 0.375. The molecule has 3 heterocycles. The molecule has 6 aromatic rings. The Balaban J connectivity index is 1.43. The Morgan fingerprint density at radius 3 is 2.19 bits per heavy atom. The van der Waals surface area contributed by atoms with Crippen molar-refractivity contribution in [1.82, 2.24) is 14.5 Å². The number of aromatic nitrogens is 3. The summed E-state index contributed by atoms with van der Waals surface area (Å²) in [5.41, 5.74) is 10.8. The lowest BCUT2D eigenvalue weighted by atomic mass is 9.78. The molecule has 0 saturated heterocycles. The molecule has 0 fully saturated rings. The summed E-state index contributed by atoms with van der Waals surface area (Å²) < 4.78 is 2.35. The normalized spacial score (nSPS) is 20.0. The minimum Gasteiger partial charge on any atom is -0.277 e. The molecule has 206 valence electrons. The van der Waals surface area contributed by atoms with Crippen LogP contribution in [0.3, 0.4) is 0 Å². The molecule has 1 aliphatic heterocycles. The molecule has 4 heteroatoms. The van der Waals surface area contributed by atoms with Gasteiger partial charge in [0.1, 0.15) is 0 Å². The van der Waals surface area contributed by atoms with Crippen LogP contribution < -0.4 is 0 Å². The number of para-hydroxylation sites is 1. The van der Waals surface area contributed by atoms with Crippen LogP contribution in [0.25, 0.3) is 56.3 Å². The van der Waals surface area contributed by atoms with Crippen molar-refractivity contribution in [2.45, 2.75) is 35.3 Å². The number of fused-ring (bicyclic) bond motifs is 10. The van der Waals surface area contributed by atoms with Crippen LogP contribution in [0, 0.1) is 0 Å². The minimum atomic E-state index is 0.375. The Morgan fingerprint density at radius 2 is 1.44 bits per heavy atom. The highest BCUT2D eigenvalue weighted by molar-refractivity contribution is 8.00. The molecular weight excluding hydrogens is 543 g/mol. The number of benzene rings is 4. The second-order valence-electron chi connectivity index (χ2n) is 11.7. The van der Waals surface area contributed by atoms with Gasteiger partial charge in [0.05, 0.1) is 22.4 Å². The molecule has 3 aliphatic rings. The molecule has 43 heavy (non-hydrogen) atoms. The first-order valence-corrected chi connectivity index (χ1v) is 16.0. The zero-order chi connectivity index (χ0) is 28.5. The van der Waals surface area contributed by atoms with Gasteiger partial charge in [-0.2, -0.15) is 0 Å². The molecule has 2 aliphatic carbocycles. The Labute approximate surface area is 255 Å². The first kappa shape index (κ1) is 24.9. The predicted molar refractivity (Wildman–Crippen MR) is 180 cm³/mol. The van der Waals surface area contributed by atoms with Gasteiger partial charge >= 0.3 is 0 Å². The van der Waals surface area contributed by atoms with Gasteiger partial charge in [-0.1, -0.05) is 122 Å². The van der Waals surface area contributed by atoms with Crippen LogP contribution >= 0.6 is 11.8 Å². The predicted octanol–water partition coefficient (Wildman–Crippen LogP) is 10.1. The van der Waals surface area contributed by atoms with Crippen molar-refractivity contribution in [3.8, 4) is 28.5 Å². The fourth-order valence-corrected chi connectivity index (χ4v) is 8.76. The lowest BCUT2D eigenvalue weighted by Gasteiger charge is -2.26. The van der Waals surface area contributed by atoms with Gasteiger partial charge in [0.25, 0.3) is 0 Å². The molecule has 3 atom stereocenters. The van der Waals surface area contributed by atoms with Crippen molar-refractivity contribution in [2.75, 3.05) is 0 Å². The van der Waals surface area contributed by atoms with Crippen LogP contribution in [-0.4, -0.2) is 19.8 Å². The van der Waals surface area contributed by atoms with Crippen molar-refractivity contribution in [1.29, 1.82) is 0 Å². The fraction of sp³-hybridized carbons (Fsp3) is 0.128. The third kappa shape index (κ3) is 3.76. The van der Waals surface area contributed by atoms with Crippen LogP contribution in [0.15, 0.2) is 126 Å². The summed E-state index contributed by atoms with van der Waals surface area (Å²) in [4.78, 5) is 12.0. The van der Waals surface area contributed by atoms with Gasteiger partial charge in [-0.25, -0.2) is 9.97 Å². The van der Waals surface area contributed by atoms with Crippen molar-refractivity contribution in [2.24, 2.45) is 0 Å². The zero-order valence-electron chi connectivity index (χ0n) is 23.8. The highest BCUT2D eigenvalue weighted by Gasteiger charge is 2.39. The number of thioether (sulfide) groups is 1. The lowest BCUT2D eigenvalue weighted by Crippen LogP contribution is -2.12. The Kier molecular flexibility index (Phi) is 5.60. The largest absolute Gasteiger partial charge is 0.277 e. The number of hydrogen-bond acceptors (Lipinski definition) is 3. The van der Waals surface area contributed by atoms with E-state index in [9.17, 15) is 0 Å². The van der Waals surface area contributed by atoms with E-state index in [4.69, 9.17) is 9.97 Å². The summed E-state index contributed by atoms with van der Waals surface area (Å²) in [6, 6.07) is 31.9. The Bertz CT molecular complexity index is 2100. The average molecular weight is 572 g/mol. The highest BCUT2D eigenvalue weighted by Crippen LogP contribution is 2.57. The maximum atomic E-state index is 5.31. The van der Waals surface area contributed by atoms with E-state index >= 15 is 0 Å². The van der Waals surface area contributed by atoms with E-state index in [1.54, 1.807) is 0 Å². The second-order valence-corrected chi connectivity index (χ2v) is 12.9. The van der Waals surface area contributed by atoms with Crippen LogP contribution in [0.5, 0.6) is 0 Å². The Morgan fingerprint density at radius 1 is 0.767 bits per heavy atom. The number of rotatable bonds is 3. The van der Waals surface area contributed by atoms with Gasteiger partial charge in [0.2, 0.25) is 5.95 Å². The van der Waals surface area contributed by atoms with Gasteiger partial charge < -0.3 is 0 Å². The molecule has 9 rings (SSSR count). The van der Waals surface area contributed by atoms with Gasteiger partial charge in [-0.05, 0) is 41.2 Å². The third-order valence-electron chi connectivity index (χ3n) is 9.18. The average Bonchev–Trinajstić information content (AvgIpc) is 3.62. The van der Waals surface area contributed by atoms with E-state index in [1.165, 1.54) is 37.9 Å². The summed E-state index contributed by atoms with van der Waals surface area (Å²) in [5, 5.41) is 2.98. The van der Waals surface area contributed by atoms with Gasteiger partial charge in [-0.15, -0.1) is 11.8 Å². The van der Waals surface area contributed by atoms with E-state index in [0.717, 1.165) is 34.5 Å². The Hall–Kier alpha value is -4.67. The maximum absolute atomic E-state index is 5.31. The number of nitrogens with zero attached hydrogens (tertiary/aromatic N) is 3. The molecule has 4 aromatic carbocycles. The van der Waals surface area contributed by atoms with Crippen LogP contribution in [0.2, 0.25) is 0 Å². The van der Waals surface area contributed by atoms with Crippen molar-refractivity contribution < 1.29 is 0 Å². The lowest BCUT2D eigenvalue weighted by molar-refractivity contribution is 0.739. The van der Waals surface area contributed by atoms with Gasteiger partial charge in [-0.3, -0.25) is 4.57 Å². The molecule has 3 nitrogen and oxygen atoms in total. The van der Waals surface area contributed by atoms with Crippen LogP contribution in [0.1, 0.15) is 41.9 Å². The highest BCUT2D eigenvalue weighted by atomic mass is 32.2. The van der Waals surface area contributed by atoms with Gasteiger partial charge in [0, 0.05) is 38.0 Å². The van der Waals surface area contributed by atoms with Crippen LogP contribution in [0.4, 0.5) is 0 Å². The van der Waals surface area contributed by atoms with E-state index in [-0.39, 0.29) is 0 Å².